The van der Waals surface area contributed by atoms with Gasteiger partial charge in [-0.3, -0.25) is 0 Å². The molecule has 2 aromatic carbocycles. The van der Waals surface area contributed by atoms with Gasteiger partial charge < -0.3 is 14.8 Å². The first-order valence-electron chi connectivity index (χ1n) is 10.8. The van der Waals surface area contributed by atoms with Crippen LogP contribution in [0.4, 0.5) is 19.0 Å². The number of halogens is 3. The Morgan fingerprint density at radius 3 is 2.38 bits per heavy atom. The van der Waals surface area contributed by atoms with Gasteiger partial charge in [0, 0.05) is 22.4 Å². The van der Waals surface area contributed by atoms with Crippen LogP contribution in [0.2, 0.25) is 0 Å². The molecular formula is C24H24F3N3O2. The lowest BCUT2D eigenvalue weighted by atomic mass is 9.70. The number of fused-ring (bicyclic) bond motifs is 2. The minimum Gasteiger partial charge on any atom is -0.489 e. The minimum atomic E-state index is -2.88. The summed E-state index contributed by atoms with van der Waals surface area (Å²) in [5, 5.41) is 3.87. The van der Waals surface area contributed by atoms with E-state index in [1.54, 1.807) is 13.8 Å². The quantitative estimate of drug-likeness (QED) is 0.526. The van der Waals surface area contributed by atoms with Crippen LogP contribution in [0, 0.1) is 18.2 Å². The first-order chi connectivity index (χ1) is 15.3. The standard InChI is InChI=1S/C24H24F3N3O2/c1-13(15-5-3-6-16(21(15)25)22(26)27)28-23-17-9-19-20(10-18(17)29-14(2)30-23)32-12-24(11-31-19)7-4-8-24/h3,5-6,9-10,13,22H,4,7-8,11-12H2,1-2H3,(H,28,29,30)/t13-/m1/s1. The number of alkyl halides is 2. The summed E-state index contributed by atoms with van der Waals surface area (Å²) in [6.07, 6.45) is 0.487. The van der Waals surface area contributed by atoms with E-state index in [0.29, 0.717) is 47.3 Å². The topological polar surface area (TPSA) is 56.3 Å². The van der Waals surface area contributed by atoms with Gasteiger partial charge >= 0.3 is 0 Å². The molecule has 32 heavy (non-hydrogen) atoms. The van der Waals surface area contributed by atoms with Gasteiger partial charge in [0.05, 0.1) is 30.3 Å². The van der Waals surface area contributed by atoms with E-state index in [0.717, 1.165) is 18.9 Å². The molecule has 1 aliphatic heterocycles. The van der Waals surface area contributed by atoms with Gasteiger partial charge in [-0.2, -0.15) is 0 Å². The van der Waals surface area contributed by atoms with Crippen molar-refractivity contribution in [2.24, 2.45) is 5.41 Å². The van der Waals surface area contributed by atoms with Gasteiger partial charge in [-0.05, 0) is 32.8 Å². The highest BCUT2D eigenvalue weighted by Crippen LogP contribution is 2.46. The van der Waals surface area contributed by atoms with Crippen molar-refractivity contribution < 1.29 is 22.6 Å². The number of hydrogen-bond donors (Lipinski definition) is 1. The molecule has 8 heteroatoms. The molecule has 0 bridgehead atoms. The predicted octanol–water partition coefficient (Wildman–Crippen LogP) is 6.13. The molecule has 1 spiro atoms. The van der Waals surface area contributed by atoms with Crippen molar-refractivity contribution in [1.82, 2.24) is 9.97 Å². The van der Waals surface area contributed by atoms with E-state index in [4.69, 9.17) is 9.47 Å². The van der Waals surface area contributed by atoms with Crippen LogP contribution in [0.3, 0.4) is 0 Å². The van der Waals surface area contributed by atoms with E-state index >= 15 is 0 Å². The molecule has 3 aromatic rings. The van der Waals surface area contributed by atoms with Crippen molar-refractivity contribution in [3.63, 3.8) is 0 Å². The van der Waals surface area contributed by atoms with Crippen LogP contribution in [0.5, 0.6) is 11.5 Å². The lowest BCUT2D eigenvalue weighted by molar-refractivity contribution is 0.0268. The molecule has 5 rings (SSSR count). The first-order valence-corrected chi connectivity index (χ1v) is 10.8. The van der Waals surface area contributed by atoms with Crippen molar-refractivity contribution in [3.8, 4) is 11.5 Å². The predicted molar refractivity (Wildman–Crippen MR) is 115 cm³/mol. The first kappa shape index (κ1) is 20.8. The maximum atomic E-state index is 14.7. The number of nitrogens with one attached hydrogen (secondary N) is 1. The second kappa shape index (κ2) is 7.83. The van der Waals surface area contributed by atoms with Crippen LogP contribution in [0.1, 0.15) is 55.6 Å². The molecule has 1 fully saturated rings. The van der Waals surface area contributed by atoms with Gasteiger partial charge in [-0.25, -0.2) is 23.1 Å². The Hall–Kier alpha value is -3.03. The number of benzene rings is 2. The highest BCUT2D eigenvalue weighted by molar-refractivity contribution is 5.92. The SMILES string of the molecule is Cc1nc(N[C@H](C)c2cccc(C(F)F)c2F)c2cc3c(cc2n1)OCC1(CCC1)CO3. The van der Waals surface area contributed by atoms with Crippen molar-refractivity contribution in [3.05, 3.63) is 53.1 Å². The van der Waals surface area contributed by atoms with Crippen LogP contribution in [0.15, 0.2) is 30.3 Å². The number of hydrogen-bond acceptors (Lipinski definition) is 5. The molecule has 0 unspecified atom stereocenters. The Morgan fingerprint density at radius 1 is 1.03 bits per heavy atom. The summed E-state index contributed by atoms with van der Waals surface area (Å²) in [6, 6.07) is 7.11. The van der Waals surface area contributed by atoms with Crippen LogP contribution in [-0.2, 0) is 0 Å². The third kappa shape index (κ3) is 3.61. The summed E-state index contributed by atoms with van der Waals surface area (Å²) in [5.41, 5.74) is 0.283. The molecule has 1 N–H and O–H groups in total. The van der Waals surface area contributed by atoms with Gasteiger partial charge in [0.1, 0.15) is 17.5 Å². The van der Waals surface area contributed by atoms with E-state index in [1.807, 2.05) is 12.1 Å². The summed E-state index contributed by atoms with van der Waals surface area (Å²) in [5.74, 6) is 1.37. The fourth-order valence-corrected chi connectivity index (χ4v) is 4.41. The Kier molecular flexibility index (Phi) is 5.10. The second-order valence-corrected chi connectivity index (χ2v) is 8.78. The van der Waals surface area contributed by atoms with E-state index in [9.17, 15) is 13.2 Å². The van der Waals surface area contributed by atoms with Gasteiger partial charge in [-0.1, -0.05) is 24.6 Å². The zero-order chi connectivity index (χ0) is 22.5. The number of anilines is 1. The molecule has 2 aliphatic rings. The van der Waals surface area contributed by atoms with E-state index in [-0.39, 0.29) is 11.0 Å². The summed E-state index contributed by atoms with van der Waals surface area (Å²) >= 11 is 0. The lowest BCUT2D eigenvalue weighted by Gasteiger charge is -2.39. The summed E-state index contributed by atoms with van der Waals surface area (Å²) < 4.78 is 53.1. The van der Waals surface area contributed by atoms with Gasteiger partial charge in [0.25, 0.3) is 6.43 Å². The lowest BCUT2D eigenvalue weighted by Crippen LogP contribution is -2.39. The largest absolute Gasteiger partial charge is 0.489 e. The Labute approximate surface area is 184 Å². The van der Waals surface area contributed by atoms with Gasteiger partial charge in [-0.15, -0.1) is 0 Å². The molecule has 0 saturated heterocycles. The van der Waals surface area contributed by atoms with Gasteiger partial charge in [0.15, 0.2) is 11.5 Å². The monoisotopic (exact) mass is 443 g/mol. The van der Waals surface area contributed by atoms with Crippen molar-refractivity contribution in [2.45, 2.75) is 45.6 Å². The summed E-state index contributed by atoms with van der Waals surface area (Å²) in [7, 11) is 0. The fraction of sp³-hybridized carbons (Fsp3) is 0.417. The molecule has 1 aliphatic carbocycles. The van der Waals surface area contributed by atoms with E-state index in [1.165, 1.54) is 18.6 Å². The molecule has 1 saturated carbocycles. The number of ether oxygens (including phenoxy) is 2. The maximum Gasteiger partial charge on any atom is 0.266 e. The van der Waals surface area contributed by atoms with E-state index < -0.39 is 23.8 Å². The maximum absolute atomic E-state index is 14.7. The molecule has 0 amide bonds. The molecule has 5 nitrogen and oxygen atoms in total. The normalized spacial score (nSPS) is 17.8. The molecule has 0 radical (unpaired) electrons. The fourth-order valence-electron chi connectivity index (χ4n) is 4.41. The van der Waals surface area contributed by atoms with Crippen LogP contribution >= 0.6 is 0 Å². The number of aromatic nitrogens is 2. The number of aryl methyl sites for hydroxylation is 1. The zero-order valence-electron chi connectivity index (χ0n) is 17.9. The smallest absolute Gasteiger partial charge is 0.266 e. The number of rotatable bonds is 4. The molecule has 2 heterocycles. The Balaban J connectivity index is 1.50. The van der Waals surface area contributed by atoms with Crippen LogP contribution < -0.4 is 14.8 Å². The second-order valence-electron chi connectivity index (χ2n) is 8.78. The Morgan fingerprint density at radius 2 is 1.72 bits per heavy atom. The minimum absolute atomic E-state index is 0.0790. The summed E-state index contributed by atoms with van der Waals surface area (Å²) in [6.45, 7) is 4.69. The van der Waals surface area contributed by atoms with Crippen LogP contribution in [0.25, 0.3) is 10.9 Å². The third-order valence-corrected chi connectivity index (χ3v) is 6.47. The Bertz CT molecular complexity index is 1180. The van der Waals surface area contributed by atoms with Crippen molar-refractivity contribution >= 4 is 16.7 Å². The van der Waals surface area contributed by atoms with Gasteiger partial charge in [0.2, 0.25) is 0 Å². The molecule has 1 aromatic heterocycles. The average molecular weight is 443 g/mol. The van der Waals surface area contributed by atoms with Crippen molar-refractivity contribution in [2.75, 3.05) is 18.5 Å². The molecule has 168 valence electrons. The average Bonchev–Trinajstić information content (AvgIpc) is 2.92. The highest BCUT2D eigenvalue weighted by atomic mass is 19.3. The van der Waals surface area contributed by atoms with E-state index in [2.05, 4.69) is 15.3 Å². The van der Waals surface area contributed by atoms with Crippen LogP contribution in [-0.4, -0.2) is 23.2 Å². The third-order valence-electron chi connectivity index (χ3n) is 6.47. The molecule has 1 atom stereocenters. The zero-order valence-corrected chi connectivity index (χ0v) is 17.9. The summed E-state index contributed by atoms with van der Waals surface area (Å²) in [4.78, 5) is 9.01. The number of nitrogens with zero attached hydrogens (tertiary/aromatic N) is 2. The molecular weight excluding hydrogens is 419 g/mol. The van der Waals surface area contributed by atoms with Crippen molar-refractivity contribution in [1.29, 1.82) is 0 Å². The highest BCUT2D eigenvalue weighted by Gasteiger charge is 2.40.